The molecule has 2 rings (SSSR count). The molecule has 0 radical (unpaired) electrons. The predicted octanol–water partition coefficient (Wildman–Crippen LogP) is 3.81. The van der Waals surface area contributed by atoms with Gasteiger partial charge in [-0.05, 0) is 52.7 Å². The zero-order valence-corrected chi connectivity index (χ0v) is 12.3. The number of para-hydroxylation sites is 1. The van der Waals surface area contributed by atoms with Crippen molar-refractivity contribution in [2.24, 2.45) is 5.73 Å². The average molecular weight is 342 g/mol. The van der Waals surface area contributed by atoms with E-state index in [2.05, 4.69) is 15.9 Å². The Kier molecular flexibility index (Phi) is 5.09. The summed E-state index contributed by atoms with van der Waals surface area (Å²) in [5.41, 5.74) is 6.36. The third-order valence-corrected chi connectivity index (χ3v) is 3.51. The summed E-state index contributed by atoms with van der Waals surface area (Å²) in [6, 6.07) is 9.31. The smallest absolute Gasteiger partial charge is 0.137 e. The van der Waals surface area contributed by atoms with Crippen LogP contribution in [0.1, 0.15) is 11.1 Å². The molecule has 0 saturated carbocycles. The van der Waals surface area contributed by atoms with Crippen LogP contribution in [0, 0.1) is 11.6 Å². The normalized spacial score (nSPS) is 10.6. The van der Waals surface area contributed by atoms with Gasteiger partial charge in [-0.15, -0.1) is 0 Å². The Bertz CT molecular complexity index is 584. The summed E-state index contributed by atoms with van der Waals surface area (Å²) in [6.45, 7) is 0.305. The van der Waals surface area contributed by atoms with Crippen molar-refractivity contribution in [1.82, 2.24) is 0 Å². The molecule has 20 heavy (non-hydrogen) atoms. The molecule has 0 heterocycles. The van der Waals surface area contributed by atoms with Gasteiger partial charge in [-0.25, -0.2) is 8.78 Å². The molecule has 0 bridgehead atoms. The van der Waals surface area contributed by atoms with E-state index < -0.39 is 11.6 Å². The first-order valence-electron chi connectivity index (χ1n) is 6.16. The van der Waals surface area contributed by atoms with Gasteiger partial charge in [0.25, 0.3) is 0 Å². The number of hydrogen-bond acceptors (Lipinski definition) is 2. The molecule has 2 aromatic rings. The van der Waals surface area contributed by atoms with Crippen LogP contribution in [-0.2, 0) is 13.0 Å². The van der Waals surface area contributed by atoms with E-state index in [9.17, 15) is 8.78 Å². The first kappa shape index (κ1) is 14.9. The van der Waals surface area contributed by atoms with Gasteiger partial charge < -0.3 is 10.5 Å². The van der Waals surface area contributed by atoms with Crippen LogP contribution >= 0.6 is 15.9 Å². The molecule has 0 spiro atoms. The van der Waals surface area contributed by atoms with Crippen molar-refractivity contribution in [3.8, 4) is 5.75 Å². The van der Waals surface area contributed by atoms with Gasteiger partial charge in [-0.3, -0.25) is 0 Å². The zero-order chi connectivity index (χ0) is 14.5. The van der Waals surface area contributed by atoms with Crippen LogP contribution in [0.15, 0.2) is 40.9 Å². The van der Waals surface area contributed by atoms with Gasteiger partial charge in [0.15, 0.2) is 0 Å². The molecule has 0 atom stereocenters. The summed E-state index contributed by atoms with van der Waals surface area (Å²) in [6.07, 6.45) is 0.633. The van der Waals surface area contributed by atoms with Crippen LogP contribution in [0.5, 0.6) is 5.75 Å². The fourth-order valence-corrected chi connectivity index (χ4v) is 2.40. The third-order valence-electron chi connectivity index (χ3n) is 2.88. The van der Waals surface area contributed by atoms with E-state index in [0.29, 0.717) is 18.7 Å². The van der Waals surface area contributed by atoms with Crippen LogP contribution in [0.4, 0.5) is 8.78 Å². The predicted molar refractivity (Wildman–Crippen MR) is 77.6 cm³/mol. The second kappa shape index (κ2) is 6.81. The lowest BCUT2D eigenvalue weighted by Gasteiger charge is -2.13. The van der Waals surface area contributed by atoms with Gasteiger partial charge in [-0.2, -0.15) is 0 Å². The summed E-state index contributed by atoms with van der Waals surface area (Å²) < 4.78 is 33.4. The fraction of sp³-hybridized carbons (Fsp3) is 0.200. The first-order chi connectivity index (χ1) is 9.63. The van der Waals surface area contributed by atoms with Crippen LogP contribution in [0.25, 0.3) is 0 Å². The van der Waals surface area contributed by atoms with Crippen molar-refractivity contribution in [2.45, 2.75) is 13.0 Å². The number of nitrogens with two attached hydrogens (primary N) is 1. The van der Waals surface area contributed by atoms with Crippen molar-refractivity contribution in [1.29, 1.82) is 0 Å². The summed E-state index contributed by atoms with van der Waals surface area (Å²) >= 11 is 3.37. The summed E-state index contributed by atoms with van der Waals surface area (Å²) in [5.74, 6) is -0.657. The number of ether oxygens (including phenoxy) is 1. The van der Waals surface area contributed by atoms with Gasteiger partial charge in [0.05, 0.1) is 10.0 Å². The molecular formula is C15H14BrF2NO. The molecule has 0 aromatic heterocycles. The van der Waals surface area contributed by atoms with Gasteiger partial charge >= 0.3 is 0 Å². The number of hydrogen-bond donors (Lipinski definition) is 1. The molecule has 0 fully saturated rings. The van der Waals surface area contributed by atoms with E-state index in [-0.39, 0.29) is 12.2 Å². The monoisotopic (exact) mass is 341 g/mol. The van der Waals surface area contributed by atoms with E-state index in [1.165, 1.54) is 18.2 Å². The van der Waals surface area contributed by atoms with Gasteiger partial charge in [0.2, 0.25) is 0 Å². The Morgan fingerprint density at radius 1 is 1.05 bits per heavy atom. The van der Waals surface area contributed by atoms with Gasteiger partial charge in [0.1, 0.15) is 24.0 Å². The van der Waals surface area contributed by atoms with Crippen molar-refractivity contribution >= 4 is 15.9 Å². The molecule has 0 aliphatic heterocycles. The quantitative estimate of drug-likeness (QED) is 0.897. The zero-order valence-electron chi connectivity index (χ0n) is 10.7. The summed E-state index contributed by atoms with van der Waals surface area (Å²) in [4.78, 5) is 0. The molecule has 2 N–H and O–H groups in total. The molecule has 0 unspecified atom stereocenters. The Morgan fingerprint density at radius 3 is 2.35 bits per heavy atom. The number of halogens is 3. The Balaban J connectivity index is 2.23. The first-order valence-corrected chi connectivity index (χ1v) is 6.96. The van der Waals surface area contributed by atoms with Crippen LogP contribution in [-0.4, -0.2) is 6.54 Å². The highest BCUT2D eigenvalue weighted by Crippen LogP contribution is 2.30. The van der Waals surface area contributed by atoms with E-state index in [0.717, 1.165) is 10.0 Å². The molecule has 0 aliphatic rings. The van der Waals surface area contributed by atoms with E-state index in [1.54, 1.807) is 0 Å². The van der Waals surface area contributed by atoms with E-state index in [1.807, 2.05) is 18.2 Å². The minimum absolute atomic E-state index is 0.0815. The van der Waals surface area contributed by atoms with Crippen LogP contribution in [0.2, 0.25) is 0 Å². The minimum atomic E-state index is -0.613. The molecule has 5 heteroatoms. The molecule has 0 amide bonds. The molecule has 2 nitrogen and oxygen atoms in total. The van der Waals surface area contributed by atoms with Crippen molar-refractivity contribution in [2.75, 3.05) is 6.54 Å². The second-order valence-electron chi connectivity index (χ2n) is 4.26. The minimum Gasteiger partial charge on any atom is -0.487 e. The number of benzene rings is 2. The maximum absolute atomic E-state index is 13.6. The van der Waals surface area contributed by atoms with Crippen LogP contribution < -0.4 is 10.5 Å². The maximum Gasteiger partial charge on any atom is 0.137 e. The molecule has 0 saturated heterocycles. The molecule has 106 valence electrons. The highest BCUT2D eigenvalue weighted by molar-refractivity contribution is 9.10. The van der Waals surface area contributed by atoms with Crippen molar-refractivity contribution in [3.05, 3.63) is 63.6 Å². The van der Waals surface area contributed by atoms with Crippen molar-refractivity contribution < 1.29 is 13.5 Å². The summed E-state index contributed by atoms with van der Waals surface area (Å²) in [7, 11) is 0. The Labute approximate surface area is 124 Å². The Morgan fingerprint density at radius 2 is 1.70 bits per heavy atom. The van der Waals surface area contributed by atoms with Crippen molar-refractivity contribution in [3.63, 3.8) is 0 Å². The van der Waals surface area contributed by atoms with Crippen LogP contribution in [0.3, 0.4) is 0 Å². The largest absolute Gasteiger partial charge is 0.487 e. The molecular weight excluding hydrogens is 328 g/mol. The maximum atomic E-state index is 13.6. The van der Waals surface area contributed by atoms with E-state index >= 15 is 0 Å². The highest BCUT2D eigenvalue weighted by atomic mass is 79.9. The lowest BCUT2D eigenvalue weighted by atomic mass is 10.1. The van der Waals surface area contributed by atoms with Gasteiger partial charge in [-0.1, -0.05) is 18.2 Å². The van der Waals surface area contributed by atoms with E-state index in [4.69, 9.17) is 10.5 Å². The topological polar surface area (TPSA) is 35.2 Å². The Hall–Kier alpha value is -1.46. The molecule has 0 aliphatic carbocycles. The SMILES string of the molecule is NCCc1cccc(Br)c1OCc1c(F)cccc1F. The second-order valence-corrected chi connectivity index (χ2v) is 5.11. The lowest BCUT2D eigenvalue weighted by molar-refractivity contribution is 0.288. The molecule has 2 aromatic carbocycles. The van der Waals surface area contributed by atoms with Gasteiger partial charge in [0, 0.05) is 0 Å². The standard InChI is InChI=1S/C15H14BrF2NO/c16-12-4-1-3-10(7-8-19)15(12)20-9-11-13(17)5-2-6-14(11)18/h1-6H,7-9,19H2. The average Bonchev–Trinajstić information content (AvgIpc) is 2.41. The highest BCUT2D eigenvalue weighted by Gasteiger charge is 2.12. The third kappa shape index (κ3) is 3.35. The number of rotatable bonds is 5. The fourth-order valence-electron chi connectivity index (χ4n) is 1.88. The summed E-state index contributed by atoms with van der Waals surface area (Å²) in [5, 5.41) is 0. The lowest BCUT2D eigenvalue weighted by Crippen LogP contribution is -2.07.